The largest absolute Gasteiger partial charge is 0.417 e. The molecule has 2 nitrogen and oxygen atoms in total. The molecular weight excluding hydrogens is 252 g/mol. The van der Waals surface area contributed by atoms with Crippen molar-refractivity contribution in [3.8, 4) is 12.3 Å². The van der Waals surface area contributed by atoms with Gasteiger partial charge in [0.2, 0.25) is 11.9 Å². The van der Waals surface area contributed by atoms with Gasteiger partial charge in [-0.3, -0.25) is 4.79 Å². The number of carbonyl (C=O) groups excluding carboxylic acids is 1. The van der Waals surface area contributed by atoms with E-state index in [2.05, 4.69) is 0 Å². The summed E-state index contributed by atoms with van der Waals surface area (Å²) in [5.41, 5.74) is 0. The number of carbonyl (C=O) groups is 1. The Labute approximate surface area is 92.6 Å². The molecule has 1 fully saturated rings. The Balaban J connectivity index is 3.02. The van der Waals surface area contributed by atoms with Crippen LogP contribution in [0.3, 0.4) is 0 Å². The van der Waals surface area contributed by atoms with Crippen LogP contribution in [0, 0.1) is 18.3 Å². The van der Waals surface area contributed by atoms with E-state index in [1.807, 2.05) is 5.92 Å². The second kappa shape index (κ2) is 4.13. The van der Waals surface area contributed by atoms with Crippen LogP contribution < -0.4 is 0 Å². The molecule has 96 valence electrons. The van der Waals surface area contributed by atoms with Crippen LogP contribution in [0.15, 0.2) is 0 Å². The van der Waals surface area contributed by atoms with E-state index in [-0.39, 0.29) is 4.90 Å². The van der Waals surface area contributed by atoms with Gasteiger partial charge in [0.15, 0.2) is 0 Å². The van der Waals surface area contributed by atoms with E-state index in [1.54, 1.807) is 0 Å². The van der Waals surface area contributed by atoms with Crippen LogP contribution >= 0.6 is 0 Å². The van der Waals surface area contributed by atoms with Crippen molar-refractivity contribution in [3.63, 3.8) is 0 Å². The molecule has 0 spiro atoms. The minimum atomic E-state index is -5.56. The van der Waals surface area contributed by atoms with Crippen LogP contribution in [0.4, 0.5) is 26.3 Å². The van der Waals surface area contributed by atoms with Crippen molar-refractivity contribution in [2.75, 3.05) is 6.54 Å². The van der Waals surface area contributed by atoms with Crippen molar-refractivity contribution in [1.29, 1.82) is 0 Å². The summed E-state index contributed by atoms with van der Waals surface area (Å²) in [7, 11) is 0. The Morgan fingerprint density at radius 3 is 2.00 bits per heavy atom. The van der Waals surface area contributed by atoms with Gasteiger partial charge in [0.05, 0.1) is 0 Å². The zero-order chi connectivity index (χ0) is 13.4. The van der Waals surface area contributed by atoms with Gasteiger partial charge in [-0.2, -0.15) is 26.3 Å². The molecule has 1 amide bonds. The summed E-state index contributed by atoms with van der Waals surface area (Å²) < 4.78 is 73.8. The maximum absolute atomic E-state index is 12.3. The lowest BCUT2D eigenvalue weighted by molar-refractivity contribution is -0.282. The molecule has 1 rings (SSSR count). The standard InChI is InChI=1S/C9H7F6NO/c1-2-5-3-6(17)16(4-5)7(8(10,11)12)9(13,14)15/h1,5,7H,3-4H2. The first-order valence-electron chi connectivity index (χ1n) is 4.46. The first-order valence-corrected chi connectivity index (χ1v) is 4.46. The fourth-order valence-electron chi connectivity index (χ4n) is 1.63. The molecule has 0 aromatic heterocycles. The molecule has 0 aliphatic carbocycles. The summed E-state index contributed by atoms with van der Waals surface area (Å²) in [6.45, 7) is -0.723. The van der Waals surface area contributed by atoms with Gasteiger partial charge in [-0.05, 0) is 0 Å². The van der Waals surface area contributed by atoms with E-state index in [9.17, 15) is 31.1 Å². The third-order valence-corrected chi connectivity index (χ3v) is 2.33. The zero-order valence-corrected chi connectivity index (χ0v) is 8.27. The number of halogens is 6. The Hall–Kier alpha value is -1.39. The van der Waals surface area contributed by atoms with Gasteiger partial charge in [-0.1, -0.05) is 0 Å². The Morgan fingerprint density at radius 1 is 1.24 bits per heavy atom. The van der Waals surface area contributed by atoms with Crippen LogP contribution in [-0.2, 0) is 4.79 Å². The molecule has 0 bridgehead atoms. The SMILES string of the molecule is C#CC1CC(=O)N(C(C(F)(F)F)C(F)(F)F)C1. The van der Waals surface area contributed by atoms with Gasteiger partial charge in [0.25, 0.3) is 0 Å². The quantitative estimate of drug-likeness (QED) is 0.520. The molecule has 8 heteroatoms. The second-order valence-electron chi connectivity index (χ2n) is 3.60. The Kier molecular flexibility index (Phi) is 3.32. The summed E-state index contributed by atoms with van der Waals surface area (Å²) in [6.07, 6.45) is -6.72. The first-order chi connectivity index (χ1) is 7.57. The first kappa shape index (κ1) is 13.7. The predicted octanol–water partition coefficient (Wildman–Crippen LogP) is 1.96. The van der Waals surface area contributed by atoms with E-state index in [1.165, 1.54) is 0 Å². The average molecular weight is 259 g/mol. The van der Waals surface area contributed by atoms with E-state index in [0.717, 1.165) is 0 Å². The van der Waals surface area contributed by atoms with Crippen LogP contribution in [0.2, 0.25) is 0 Å². The molecule has 0 saturated carbocycles. The number of amides is 1. The summed E-state index contributed by atoms with van der Waals surface area (Å²) in [6, 6.07) is -3.78. The number of nitrogens with zero attached hydrogens (tertiary/aromatic N) is 1. The smallest absolute Gasteiger partial charge is 0.322 e. The highest BCUT2D eigenvalue weighted by atomic mass is 19.4. The minimum Gasteiger partial charge on any atom is -0.322 e. The van der Waals surface area contributed by atoms with E-state index < -0.39 is 43.2 Å². The van der Waals surface area contributed by atoms with Crippen LogP contribution in [0.5, 0.6) is 0 Å². The van der Waals surface area contributed by atoms with Crippen molar-refractivity contribution < 1.29 is 31.1 Å². The van der Waals surface area contributed by atoms with E-state index in [0.29, 0.717) is 0 Å². The highest BCUT2D eigenvalue weighted by Crippen LogP contribution is 2.39. The minimum absolute atomic E-state index is 0.246. The molecule has 1 aliphatic heterocycles. The number of rotatable bonds is 1. The molecule has 0 aromatic carbocycles. The van der Waals surface area contributed by atoms with Crippen molar-refractivity contribution in [2.24, 2.45) is 5.92 Å². The molecular formula is C9H7F6NO. The number of likely N-dealkylation sites (tertiary alicyclic amines) is 1. The Bertz CT molecular complexity index is 338. The molecule has 1 aliphatic rings. The fraction of sp³-hybridized carbons (Fsp3) is 0.667. The number of hydrogen-bond acceptors (Lipinski definition) is 1. The molecule has 0 aromatic rings. The van der Waals surface area contributed by atoms with Gasteiger partial charge in [0.1, 0.15) is 0 Å². The number of alkyl halides is 6. The molecule has 0 radical (unpaired) electrons. The lowest BCUT2D eigenvalue weighted by Gasteiger charge is -2.31. The monoisotopic (exact) mass is 259 g/mol. The lowest BCUT2D eigenvalue weighted by atomic mass is 10.1. The maximum Gasteiger partial charge on any atom is 0.417 e. The molecule has 0 N–H and O–H groups in total. The molecule has 1 saturated heterocycles. The van der Waals surface area contributed by atoms with Gasteiger partial charge in [0, 0.05) is 18.9 Å². The fourth-order valence-corrected chi connectivity index (χ4v) is 1.63. The summed E-state index contributed by atoms with van der Waals surface area (Å²) in [4.78, 5) is 10.9. The van der Waals surface area contributed by atoms with Gasteiger partial charge < -0.3 is 4.90 Å². The number of hydrogen-bond donors (Lipinski definition) is 0. The molecule has 1 unspecified atom stereocenters. The topological polar surface area (TPSA) is 20.3 Å². The Morgan fingerprint density at radius 2 is 1.71 bits per heavy atom. The zero-order valence-electron chi connectivity index (χ0n) is 8.27. The van der Waals surface area contributed by atoms with Crippen LogP contribution in [0.25, 0.3) is 0 Å². The predicted molar refractivity (Wildman–Crippen MR) is 44.6 cm³/mol. The van der Waals surface area contributed by atoms with E-state index >= 15 is 0 Å². The highest BCUT2D eigenvalue weighted by molar-refractivity contribution is 5.79. The summed E-state index contributed by atoms with van der Waals surface area (Å²) in [5, 5.41) is 0. The van der Waals surface area contributed by atoms with Gasteiger partial charge in [-0.25, -0.2) is 0 Å². The highest BCUT2D eigenvalue weighted by Gasteiger charge is 2.62. The van der Waals surface area contributed by atoms with Crippen LogP contribution in [0.1, 0.15) is 6.42 Å². The summed E-state index contributed by atoms with van der Waals surface area (Å²) >= 11 is 0. The van der Waals surface area contributed by atoms with Gasteiger partial charge >= 0.3 is 12.4 Å². The maximum atomic E-state index is 12.3. The van der Waals surface area contributed by atoms with Crippen molar-refractivity contribution >= 4 is 5.91 Å². The molecule has 1 heterocycles. The normalized spacial score (nSPS) is 22.1. The second-order valence-corrected chi connectivity index (χ2v) is 3.60. The van der Waals surface area contributed by atoms with E-state index in [4.69, 9.17) is 6.42 Å². The van der Waals surface area contributed by atoms with Crippen LogP contribution in [-0.4, -0.2) is 35.7 Å². The van der Waals surface area contributed by atoms with Crippen molar-refractivity contribution in [3.05, 3.63) is 0 Å². The summed E-state index contributed by atoms with van der Waals surface area (Å²) in [5.74, 6) is -0.152. The lowest BCUT2D eigenvalue weighted by Crippen LogP contribution is -2.55. The third-order valence-electron chi connectivity index (χ3n) is 2.33. The number of terminal acetylenes is 1. The van der Waals surface area contributed by atoms with Gasteiger partial charge in [-0.15, -0.1) is 12.3 Å². The van der Waals surface area contributed by atoms with Crippen molar-refractivity contribution in [2.45, 2.75) is 24.8 Å². The molecule has 17 heavy (non-hydrogen) atoms. The third kappa shape index (κ3) is 2.84. The average Bonchev–Trinajstić information content (AvgIpc) is 2.42. The molecule has 1 atom stereocenters. The van der Waals surface area contributed by atoms with Crippen molar-refractivity contribution in [1.82, 2.24) is 4.90 Å².